The van der Waals surface area contributed by atoms with E-state index in [1.54, 1.807) is 0 Å². The SMILES string of the molecule is Cc1c(COc2ccc3c(c2)OCCC3CC(=O)O)ccc2ccn(Cc3ccccc3)c12. The average molecular weight is 442 g/mol. The number of hydrogen-bond acceptors (Lipinski definition) is 3. The van der Waals surface area contributed by atoms with Gasteiger partial charge < -0.3 is 19.1 Å². The Morgan fingerprint density at radius 1 is 1.12 bits per heavy atom. The van der Waals surface area contributed by atoms with Crippen LogP contribution in [0.5, 0.6) is 11.5 Å². The number of rotatable bonds is 7. The van der Waals surface area contributed by atoms with Gasteiger partial charge in [0, 0.05) is 24.7 Å². The van der Waals surface area contributed by atoms with Gasteiger partial charge in [0.05, 0.1) is 18.5 Å². The normalized spacial score (nSPS) is 15.1. The molecule has 5 heteroatoms. The summed E-state index contributed by atoms with van der Waals surface area (Å²) < 4.78 is 14.2. The fraction of sp³-hybridized carbons (Fsp3) is 0.250. The second-order valence-electron chi connectivity index (χ2n) is 8.64. The maximum Gasteiger partial charge on any atom is 0.303 e. The predicted octanol–water partition coefficient (Wildman–Crippen LogP) is 5.92. The lowest BCUT2D eigenvalue weighted by atomic mass is 9.90. The van der Waals surface area contributed by atoms with Crippen LogP contribution >= 0.6 is 0 Å². The van der Waals surface area contributed by atoms with Crippen molar-refractivity contribution in [2.24, 2.45) is 0 Å². The molecule has 168 valence electrons. The zero-order valence-electron chi connectivity index (χ0n) is 18.7. The van der Waals surface area contributed by atoms with Gasteiger partial charge in [-0.15, -0.1) is 0 Å². The smallest absolute Gasteiger partial charge is 0.303 e. The highest BCUT2D eigenvalue weighted by atomic mass is 16.5. The van der Waals surface area contributed by atoms with Crippen molar-refractivity contribution in [3.05, 3.63) is 95.2 Å². The largest absolute Gasteiger partial charge is 0.493 e. The summed E-state index contributed by atoms with van der Waals surface area (Å²) >= 11 is 0. The number of aryl methyl sites for hydroxylation is 1. The molecule has 0 radical (unpaired) electrons. The number of benzene rings is 3. The molecule has 0 amide bonds. The predicted molar refractivity (Wildman–Crippen MR) is 128 cm³/mol. The third kappa shape index (κ3) is 4.44. The third-order valence-corrected chi connectivity index (χ3v) is 6.46. The summed E-state index contributed by atoms with van der Waals surface area (Å²) in [5, 5.41) is 10.4. The molecule has 0 saturated heterocycles. The van der Waals surface area contributed by atoms with Gasteiger partial charge in [-0.05, 0) is 53.1 Å². The first-order valence-electron chi connectivity index (χ1n) is 11.3. The van der Waals surface area contributed by atoms with E-state index in [9.17, 15) is 9.90 Å². The summed E-state index contributed by atoms with van der Waals surface area (Å²) in [6.07, 6.45) is 2.99. The molecule has 1 N–H and O–H groups in total. The average Bonchev–Trinajstić information content (AvgIpc) is 3.22. The first-order chi connectivity index (χ1) is 16.1. The fourth-order valence-corrected chi connectivity index (χ4v) is 4.71. The standard InChI is InChI=1S/C28H27NO4/c1-19-23(8-7-21-11-13-29(28(19)21)17-20-5-3-2-4-6-20)18-33-24-9-10-25-22(15-27(30)31)12-14-32-26(25)16-24/h2-11,13,16,22H,12,14-15,17-18H2,1H3,(H,30,31). The van der Waals surface area contributed by atoms with E-state index in [-0.39, 0.29) is 12.3 Å². The minimum Gasteiger partial charge on any atom is -0.493 e. The Balaban J connectivity index is 1.35. The van der Waals surface area contributed by atoms with E-state index in [0.717, 1.165) is 35.6 Å². The summed E-state index contributed by atoms with van der Waals surface area (Å²) in [7, 11) is 0. The maximum absolute atomic E-state index is 11.2. The van der Waals surface area contributed by atoms with Gasteiger partial charge in [-0.2, -0.15) is 0 Å². The van der Waals surface area contributed by atoms with Gasteiger partial charge in [-0.3, -0.25) is 4.79 Å². The molecule has 0 fully saturated rings. The van der Waals surface area contributed by atoms with Crippen LogP contribution in [-0.2, 0) is 17.9 Å². The minimum absolute atomic E-state index is 0.0117. The number of carboxylic acids is 1. The molecule has 0 spiro atoms. The van der Waals surface area contributed by atoms with E-state index >= 15 is 0 Å². The van der Waals surface area contributed by atoms with Crippen LogP contribution in [0.2, 0.25) is 0 Å². The van der Waals surface area contributed by atoms with Gasteiger partial charge >= 0.3 is 5.97 Å². The Bertz CT molecular complexity index is 1290. The molecule has 5 nitrogen and oxygen atoms in total. The molecule has 5 rings (SSSR count). The molecule has 1 aromatic heterocycles. The second kappa shape index (κ2) is 9.02. The van der Waals surface area contributed by atoms with Crippen molar-refractivity contribution in [2.45, 2.75) is 38.8 Å². The lowest BCUT2D eigenvalue weighted by Crippen LogP contribution is -2.17. The molecule has 1 aliphatic rings. The van der Waals surface area contributed by atoms with Crippen molar-refractivity contribution < 1.29 is 19.4 Å². The molecule has 4 aromatic rings. The number of fused-ring (bicyclic) bond motifs is 2. The molecule has 1 aliphatic heterocycles. The summed E-state index contributed by atoms with van der Waals surface area (Å²) in [6, 6.07) is 22.6. The Hall–Kier alpha value is -3.73. The molecule has 0 aliphatic carbocycles. The van der Waals surface area contributed by atoms with Gasteiger partial charge in [0.15, 0.2) is 0 Å². The Morgan fingerprint density at radius 3 is 2.79 bits per heavy atom. The van der Waals surface area contributed by atoms with E-state index in [4.69, 9.17) is 9.47 Å². The highest BCUT2D eigenvalue weighted by Gasteiger charge is 2.24. The number of hydrogen-bond donors (Lipinski definition) is 1. The zero-order chi connectivity index (χ0) is 22.8. The van der Waals surface area contributed by atoms with Crippen molar-refractivity contribution >= 4 is 16.9 Å². The van der Waals surface area contributed by atoms with E-state index in [1.165, 1.54) is 22.0 Å². The highest BCUT2D eigenvalue weighted by Crippen LogP contribution is 2.38. The van der Waals surface area contributed by atoms with Crippen LogP contribution in [0.3, 0.4) is 0 Å². The number of carbonyl (C=O) groups is 1. The molecule has 3 aromatic carbocycles. The monoisotopic (exact) mass is 441 g/mol. The van der Waals surface area contributed by atoms with Crippen molar-refractivity contribution in [3.63, 3.8) is 0 Å². The molecule has 0 bridgehead atoms. The van der Waals surface area contributed by atoms with Crippen LogP contribution in [-0.4, -0.2) is 22.2 Å². The lowest BCUT2D eigenvalue weighted by molar-refractivity contribution is -0.137. The van der Waals surface area contributed by atoms with Crippen LogP contribution < -0.4 is 9.47 Å². The third-order valence-electron chi connectivity index (χ3n) is 6.46. The molecule has 2 heterocycles. The van der Waals surface area contributed by atoms with Crippen molar-refractivity contribution in [2.75, 3.05) is 6.61 Å². The first-order valence-corrected chi connectivity index (χ1v) is 11.3. The summed E-state index contributed by atoms with van der Waals surface area (Å²) in [4.78, 5) is 11.2. The van der Waals surface area contributed by atoms with Crippen LogP contribution in [0.4, 0.5) is 0 Å². The van der Waals surface area contributed by atoms with E-state index in [1.807, 2.05) is 24.3 Å². The topological polar surface area (TPSA) is 60.7 Å². The Labute approximate surface area is 193 Å². The number of ether oxygens (including phenoxy) is 2. The minimum atomic E-state index is -0.781. The number of aromatic nitrogens is 1. The van der Waals surface area contributed by atoms with Crippen LogP contribution in [0, 0.1) is 6.92 Å². The molecular weight excluding hydrogens is 414 g/mol. The highest BCUT2D eigenvalue weighted by molar-refractivity contribution is 5.84. The maximum atomic E-state index is 11.2. The number of nitrogens with zero attached hydrogens (tertiary/aromatic N) is 1. The molecular formula is C28H27NO4. The Morgan fingerprint density at radius 2 is 1.97 bits per heavy atom. The van der Waals surface area contributed by atoms with Crippen LogP contribution in [0.15, 0.2) is 72.9 Å². The van der Waals surface area contributed by atoms with Crippen molar-refractivity contribution in [1.29, 1.82) is 0 Å². The van der Waals surface area contributed by atoms with Gasteiger partial charge in [0.2, 0.25) is 0 Å². The summed E-state index contributed by atoms with van der Waals surface area (Å²) in [6.45, 7) is 3.96. The second-order valence-corrected chi connectivity index (χ2v) is 8.64. The zero-order valence-corrected chi connectivity index (χ0v) is 18.7. The summed E-state index contributed by atoms with van der Waals surface area (Å²) in [5.41, 5.74) is 5.80. The quantitative estimate of drug-likeness (QED) is 0.387. The van der Waals surface area contributed by atoms with Gasteiger partial charge in [-0.25, -0.2) is 0 Å². The molecule has 33 heavy (non-hydrogen) atoms. The summed E-state index contributed by atoms with van der Waals surface area (Å²) in [5.74, 6) is 0.663. The van der Waals surface area contributed by atoms with Gasteiger partial charge in [0.25, 0.3) is 0 Å². The Kier molecular flexibility index (Phi) is 5.78. The lowest BCUT2D eigenvalue weighted by Gasteiger charge is -2.25. The van der Waals surface area contributed by atoms with Gasteiger partial charge in [-0.1, -0.05) is 48.5 Å². The van der Waals surface area contributed by atoms with Gasteiger partial charge in [0.1, 0.15) is 18.1 Å². The first kappa shape index (κ1) is 21.1. The van der Waals surface area contributed by atoms with E-state index in [2.05, 4.69) is 60.2 Å². The van der Waals surface area contributed by atoms with Crippen molar-refractivity contribution in [1.82, 2.24) is 4.57 Å². The van der Waals surface area contributed by atoms with E-state index < -0.39 is 5.97 Å². The number of carboxylic acid groups (broad SMARTS) is 1. The fourth-order valence-electron chi connectivity index (χ4n) is 4.71. The van der Waals surface area contributed by atoms with E-state index in [0.29, 0.717) is 13.2 Å². The van der Waals surface area contributed by atoms with Crippen LogP contribution in [0.1, 0.15) is 41.0 Å². The molecule has 0 saturated carbocycles. The molecule has 1 unspecified atom stereocenters. The molecule has 1 atom stereocenters. The number of aliphatic carboxylic acids is 1. The van der Waals surface area contributed by atoms with Crippen LogP contribution in [0.25, 0.3) is 10.9 Å². The van der Waals surface area contributed by atoms with Crippen molar-refractivity contribution in [3.8, 4) is 11.5 Å².